The van der Waals surface area contributed by atoms with Gasteiger partial charge in [-0.3, -0.25) is 4.98 Å². The van der Waals surface area contributed by atoms with Crippen LogP contribution in [0.5, 0.6) is 0 Å². The van der Waals surface area contributed by atoms with E-state index >= 15 is 0 Å². The number of pyridine rings is 1. The third-order valence-electron chi connectivity index (χ3n) is 2.58. The molecule has 1 unspecified atom stereocenters. The van der Waals surface area contributed by atoms with E-state index in [4.69, 9.17) is 0 Å². The number of aliphatic hydroxyl groups is 1. The number of hydrogen-bond acceptors (Lipinski definition) is 2. The fourth-order valence-corrected chi connectivity index (χ4v) is 1.65. The SMILES string of the molecule is OC(Cc1cccnc1)c1ccc(F)c(F)c1F. The van der Waals surface area contributed by atoms with Gasteiger partial charge in [-0.1, -0.05) is 12.1 Å². The number of rotatable bonds is 3. The van der Waals surface area contributed by atoms with E-state index in [0.29, 0.717) is 5.56 Å². The zero-order chi connectivity index (χ0) is 13.1. The molecule has 0 saturated carbocycles. The van der Waals surface area contributed by atoms with Gasteiger partial charge in [-0.05, 0) is 17.7 Å². The number of aliphatic hydroxyl groups excluding tert-OH is 1. The van der Waals surface area contributed by atoms with Crippen molar-refractivity contribution in [3.63, 3.8) is 0 Å². The lowest BCUT2D eigenvalue weighted by molar-refractivity contribution is 0.171. The van der Waals surface area contributed by atoms with Gasteiger partial charge in [0.2, 0.25) is 0 Å². The first kappa shape index (κ1) is 12.6. The van der Waals surface area contributed by atoms with Gasteiger partial charge in [0.15, 0.2) is 17.5 Å². The summed E-state index contributed by atoms with van der Waals surface area (Å²) in [7, 11) is 0. The van der Waals surface area contributed by atoms with Crippen LogP contribution in [0.1, 0.15) is 17.2 Å². The molecule has 1 aromatic heterocycles. The van der Waals surface area contributed by atoms with Crippen molar-refractivity contribution >= 4 is 0 Å². The van der Waals surface area contributed by atoms with E-state index in [1.54, 1.807) is 18.3 Å². The highest BCUT2D eigenvalue weighted by atomic mass is 19.2. The third-order valence-corrected chi connectivity index (χ3v) is 2.58. The molecule has 1 atom stereocenters. The molecule has 0 aliphatic rings. The predicted octanol–water partition coefficient (Wildman–Crippen LogP) is 2.78. The van der Waals surface area contributed by atoms with Gasteiger partial charge in [0.25, 0.3) is 0 Å². The van der Waals surface area contributed by atoms with E-state index in [2.05, 4.69) is 4.98 Å². The first-order valence-corrected chi connectivity index (χ1v) is 5.30. The second-order valence-electron chi connectivity index (χ2n) is 3.85. The van der Waals surface area contributed by atoms with E-state index in [1.807, 2.05) is 0 Å². The Hall–Kier alpha value is -1.88. The summed E-state index contributed by atoms with van der Waals surface area (Å²) in [6.07, 6.45) is 1.91. The highest BCUT2D eigenvalue weighted by Gasteiger charge is 2.19. The minimum Gasteiger partial charge on any atom is -0.388 e. The second kappa shape index (κ2) is 5.18. The minimum absolute atomic E-state index is 0.0792. The summed E-state index contributed by atoms with van der Waals surface area (Å²) < 4.78 is 39.2. The number of hydrogen-bond donors (Lipinski definition) is 1. The largest absolute Gasteiger partial charge is 0.388 e. The first-order valence-electron chi connectivity index (χ1n) is 5.30. The molecule has 94 valence electrons. The van der Waals surface area contributed by atoms with Crippen molar-refractivity contribution in [1.82, 2.24) is 4.98 Å². The Morgan fingerprint density at radius 2 is 1.89 bits per heavy atom. The number of benzene rings is 1. The van der Waals surface area contributed by atoms with Crippen LogP contribution in [0.15, 0.2) is 36.7 Å². The van der Waals surface area contributed by atoms with E-state index < -0.39 is 23.6 Å². The molecule has 2 nitrogen and oxygen atoms in total. The lowest BCUT2D eigenvalue weighted by Crippen LogP contribution is -2.07. The van der Waals surface area contributed by atoms with Gasteiger partial charge in [-0.2, -0.15) is 0 Å². The Morgan fingerprint density at radius 1 is 1.11 bits per heavy atom. The summed E-state index contributed by atoms with van der Waals surface area (Å²) in [5.41, 5.74) is 0.409. The Morgan fingerprint density at radius 3 is 2.56 bits per heavy atom. The van der Waals surface area contributed by atoms with E-state index in [0.717, 1.165) is 12.1 Å². The fraction of sp³-hybridized carbons (Fsp3) is 0.154. The molecule has 18 heavy (non-hydrogen) atoms. The molecule has 1 N–H and O–H groups in total. The van der Waals surface area contributed by atoms with Crippen LogP contribution in [0.2, 0.25) is 0 Å². The fourth-order valence-electron chi connectivity index (χ4n) is 1.65. The summed E-state index contributed by atoms with van der Waals surface area (Å²) >= 11 is 0. The van der Waals surface area contributed by atoms with E-state index in [9.17, 15) is 18.3 Å². The smallest absolute Gasteiger partial charge is 0.194 e. The van der Waals surface area contributed by atoms with Gasteiger partial charge in [-0.25, -0.2) is 13.2 Å². The molecule has 0 spiro atoms. The zero-order valence-electron chi connectivity index (χ0n) is 9.28. The average Bonchev–Trinajstić information content (AvgIpc) is 2.37. The average molecular weight is 253 g/mol. The molecule has 0 aliphatic carbocycles. The number of halogens is 3. The first-order chi connectivity index (χ1) is 8.59. The molecular formula is C13H10F3NO. The van der Waals surface area contributed by atoms with Gasteiger partial charge in [0.1, 0.15) is 0 Å². The molecule has 1 aromatic carbocycles. The Labute approximate surface area is 102 Å². The molecule has 1 heterocycles. The zero-order valence-corrected chi connectivity index (χ0v) is 9.28. The summed E-state index contributed by atoms with van der Waals surface area (Å²) in [6.45, 7) is 0. The Bertz CT molecular complexity index is 545. The van der Waals surface area contributed by atoms with Gasteiger partial charge >= 0.3 is 0 Å². The standard InChI is InChI=1S/C13H10F3NO/c14-10-4-3-9(12(15)13(10)16)11(18)6-8-2-1-5-17-7-8/h1-5,7,11,18H,6H2. The molecule has 2 rings (SSSR count). The number of aromatic nitrogens is 1. The predicted molar refractivity (Wildman–Crippen MR) is 59.2 cm³/mol. The van der Waals surface area contributed by atoms with Crippen molar-refractivity contribution < 1.29 is 18.3 Å². The number of nitrogens with zero attached hydrogens (tertiary/aromatic N) is 1. The Kier molecular flexibility index (Phi) is 3.62. The minimum atomic E-state index is -1.57. The normalized spacial score (nSPS) is 12.4. The highest BCUT2D eigenvalue weighted by molar-refractivity contribution is 5.24. The van der Waals surface area contributed by atoms with Gasteiger partial charge < -0.3 is 5.11 Å². The molecule has 0 bridgehead atoms. The summed E-state index contributed by atoms with van der Waals surface area (Å²) in [4.78, 5) is 3.85. The topological polar surface area (TPSA) is 33.1 Å². The van der Waals surface area contributed by atoms with Gasteiger partial charge in [0.05, 0.1) is 6.10 Å². The van der Waals surface area contributed by atoms with Crippen LogP contribution >= 0.6 is 0 Å². The summed E-state index contributed by atoms with van der Waals surface area (Å²) in [6, 6.07) is 5.20. The van der Waals surface area contributed by atoms with Crippen molar-refractivity contribution in [2.75, 3.05) is 0 Å². The molecule has 2 aromatic rings. The van der Waals surface area contributed by atoms with Gasteiger partial charge in [-0.15, -0.1) is 0 Å². The second-order valence-corrected chi connectivity index (χ2v) is 3.85. The van der Waals surface area contributed by atoms with Crippen LogP contribution in [-0.2, 0) is 6.42 Å². The van der Waals surface area contributed by atoms with Crippen molar-refractivity contribution in [2.45, 2.75) is 12.5 Å². The highest BCUT2D eigenvalue weighted by Crippen LogP contribution is 2.23. The maximum absolute atomic E-state index is 13.4. The lowest BCUT2D eigenvalue weighted by atomic mass is 10.0. The van der Waals surface area contributed by atoms with Crippen molar-refractivity contribution in [3.05, 3.63) is 65.2 Å². The molecule has 0 amide bonds. The third kappa shape index (κ3) is 2.51. The molecule has 0 aliphatic heterocycles. The quantitative estimate of drug-likeness (QED) is 0.853. The van der Waals surface area contributed by atoms with E-state index in [1.165, 1.54) is 6.20 Å². The molecular weight excluding hydrogens is 243 g/mol. The lowest BCUT2D eigenvalue weighted by Gasteiger charge is -2.12. The van der Waals surface area contributed by atoms with Crippen molar-refractivity contribution in [1.29, 1.82) is 0 Å². The maximum Gasteiger partial charge on any atom is 0.194 e. The van der Waals surface area contributed by atoms with Crippen molar-refractivity contribution in [2.24, 2.45) is 0 Å². The van der Waals surface area contributed by atoms with Crippen LogP contribution in [0.4, 0.5) is 13.2 Å². The van der Waals surface area contributed by atoms with Crippen LogP contribution in [0, 0.1) is 17.5 Å². The van der Waals surface area contributed by atoms with Crippen LogP contribution in [0.3, 0.4) is 0 Å². The molecule has 5 heteroatoms. The molecule has 0 fully saturated rings. The summed E-state index contributed by atoms with van der Waals surface area (Å²) in [5, 5.41) is 9.81. The van der Waals surface area contributed by atoms with Gasteiger partial charge in [0, 0.05) is 24.4 Å². The summed E-state index contributed by atoms with van der Waals surface area (Å²) in [5.74, 6) is -4.20. The van der Waals surface area contributed by atoms with Crippen LogP contribution < -0.4 is 0 Å². The maximum atomic E-state index is 13.4. The molecule has 0 saturated heterocycles. The Balaban J connectivity index is 2.24. The van der Waals surface area contributed by atoms with E-state index in [-0.39, 0.29) is 12.0 Å². The van der Waals surface area contributed by atoms with Crippen molar-refractivity contribution in [3.8, 4) is 0 Å². The van der Waals surface area contributed by atoms with Crippen LogP contribution in [-0.4, -0.2) is 10.1 Å². The molecule has 0 radical (unpaired) electrons. The monoisotopic (exact) mass is 253 g/mol. The van der Waals surface area contributed by atoms with Crippen LogP contribution in [0.25, 0.3) is 0 Å².